The third-order valence-electron chi connectivity index (χ3n) is 5.95. The lowest BCUT2D eigenvalue weighted by molar-refractivity contribution is 0.0695. The molecule has 2 aliphatic carbocycles. The molecule has 1 atom stereocenters. The lowest BCUT2D eigenvalue weighted by Gasteiger charge is -2.17. The number of rotatable bonds is 3. The summed E-state index contributed by atoms with van der Waals surface area (Å²) in [6.45, 7) is 1.99. The van der Waals surface area contributed by atoms with Crippen LogP contribution in [-0.2, 0) is 6.42 Å². The summed E-state index contributed by atoms with van der Waals surface area (Å²) in [5.74, 6) is -1.16. The van der Waals surface area contributed by atoms with Crippen molar-refractivity contribution in [2.24, 2.45) is 5.73 Å². The van der Waals surface area contributed by atoms with Gasteiger partial charge in [0.25, 0.3) is 0 Å². The van der Waals surface area contributed by atoms with E-state index in [1.165, 1.54) is 21.5 Å². The second-order valence-corrected chi connectivity index (χ2v) is 9.08. The standard InChI is InChI=1S/C22H22N2O3S/c1-11-7-15-18(24(13-5-6-13)10-16(20(15)25)22(26)27)9-14(11)19-8-12-3-2-4-17(23)21(12)28-19/h7-10,13,17H,2-6,23H2,1H3,(H,26,27). The Morgan fingerprint density at radius 2 is 2.04 bits per heavy atom. The molecule has 3 N–H and O–H groups in total. The summed E-state index contributed by atoms with van der Waals surface area (Å²) in [6.07, 6.45) is 6.79. The minimum Gasteiger partial charge on any atom is -0.477 e. The number of hydrogen-bond donors (Lipinski definition) is 2. The molecule has 3 aromatic rings. The van der Waals surface area contributed by atoms with Crippen LogP contribution in [-0.4, -0.2) is 15.6 Å². The predicted octanol–water partition coefficient (Wildman–Crippen LogP) is 4.41. The number of pyridine rings is 1. The number of benzene rings is 1. The first kappa shape index (κ1) is 17.6. The molecule has 5 rings (SSSR count). The summed E-state index contributed by atoms with van der Waals surface area (Å²) >= 11 is 1.75. The van der Waals surface area contributed by atoms with Gasteiger partial charge in [-0.05, 0) is 73.9 Å². The predicted molar refractivity (Wildman–Crippen MR) is 111 cm³/mol. The summed E-state index contributed by atoms with van der Waals surface area (Å²) in [5.41, 5.74) is 10.0. The summed E-state index contributed by atoms with van der Waals surface area (Å²) in [6, 6.07) is 6.57. The van der Waals surface area contributed by atoms with Crippen molar-refractivity contribution in [2.45, 2.75) is 51.1 Å². The minimum absolute atomic E-state index is 0.117. The Kier molecular flexibility index (Phi) is 3.96. The van der Waals surface area contributed by atoms with E-state index in [2.05, 4.69) is 12.1 Å². The van der Waals surface area contributed by atoms with Crippen LogP contribution in [0.3, 0.4) is 0 Å². The molecule has 1 fully saturated rings. The van der Waals surface area contributed by atoms with Crippen LogP contribution in [0.1, 0.15) is 64.1 Å². The summed E-state index contributed by atoms with van der Waals surface area (Å²) in [5, 5.41) is 9.94. The molecule has 2 heterocycles. The average molecular weight is 394 g/mol. The SMILES string of the molecule is Cc1cc2c(=O)c(C(=O)O)cn(C3CC3)c2cc1-c1cc2c(s1)C(N)CCC2. The first-order chi connectivity index (χ1) is 13.4. The van der Waals surface area contributed by atoms with Gasteiger partial charge in [0.05, 0.1) is 5.52 Å². The van der Waals surface area contributed by atoms with Crippen LogP contribution in [0.2, 0.25) is 0 Å². The molecule has 2 aliphatic rings. The van der Waals surface area contributed by atoms with E-state index in [1.54, 1.807) is 11.3 Å². The smallest absolute Gasteiger partial charge is 0.341 e. The monoisotopic (exact) mass is 394 g/mol. The van der Waals surface area contributed by atoms with Gasteiger partial charge < -0.3 is 15.4 Å². The van der Waals surface area contributed by atoms with Gasteiger partial charge in [0.1, 0.15) is 5.56 Å². The van der Waals surface area contributed by atoms with Gasteiger partial charge in [-0.3, -0.25) is 4.79 Å². The Morgan fingerprint density at radius 3 is 2.71 bits per heavy atom. The van der Waals surface area contributed by atoms with Crippen molar-refractivity contribution in [1.82, 2.24) is 4.57 Å². The summed E-state index contributed by atoms with van der Waals surface area (Å²) in [4.78, 5) is 26.8. The Balaban J connectivity index is 1.75. The van der Waals surface area contributed by atoms with Crippen LogP contribution in [0, 0.1) is 6.92 Å². The minimum atomic E-state index is -1.16. The normalized spacial score (nSPS) is 19.0. The van der Waals surface area contributed by atoms with Crippen LogP contribution in [0.4, 0.5) is 0 Å². The van der Waals surface area contributed by atoms with E-state index in [1.807, 2.05) is 17.6 Å². The molecule has 0 amide bonds. The Bertz CT molecular complexity index is 1190. The van der Waals surface area contributed by atoms with Crippen molar-refractivity contribution in [3.63, 3.8) is 0 Å². The molecule has 0 radical (unpaired) electrons. The van der Waals surface area contributed by atoms with Gasteiger partial charge in [-0.1, -0.05) is 0 Å². The molecular formula is C22H22N2O3S. The molecule has 6 heteroatoms. The molecule has 0 spiro atoms. The first-order valence-corrected chi connectivity index (χ1v) is 10.6. The van der Waals surface area contributed by atoms with E-state index < -0.39 is 11.4 Å². The largest absolute Gasteiger partial charge is 0.477 e. The third kappa shape index (κ3) is 2.71. The summed E-state index contributed by atoms with van der Waals surface area (Å²) in [7, 11) is 0. The number of aromatic nitrogens is 1. The van der Waals surface area contributed by atoms with Gasteiger partial charge in [0, 0.05) is 33.4 Å². The van der Waals surface area contributed by atoms with Gasteiger partial charge in [0.2, 0.25) is 5.43 Å². The quantitative estimate of drug-likeness (QED) is 0.689. The number of aryl methyl sites for hydroxylation is 2. The van der Waals surface area contributed by atoms with Gasteiger partial charge >= 0.3 is 5.97 Å². The highest BCUT2D eigenvalue weighted by Gasteiger charge is 2.28. The molecule has 0 saturated heterocycles. The Hall–Kier alpha value is -2.44. The van der Waals surface area contributed by atoms with Crippen molar-refractivity contribution in [3.05, 3.63) is 56.2 Å². The number of nitrogens with zero attached hydrogens (tertiary/aromatic N) is 1. The molecule has 0 bridgehead atoms. The maximum Gasteiger partial charge on any atom is 0.341 e. The lowest BCUT2D eigenvalue weighted by atomic mass is 9.94. The van der Waals surface area contributed by atoms with Crippen molar-refractivity contribution >= 4 is 28.2 Å². The van der Waals surface area contributed by atoms with Gasteiger partial charge in [-0.15, -0.1) is 11.3 Å². The Morgan fingerprint density at radius 1 is 1.25 bits per heavy atom. The highest BCUT2D eigenvalue weighted by molar-refractivity contribution is 7.15. The molecule has 28 heavy (non-hydrogen) atoms. The van der Waals surface area contributed by atoms with Crippen molar-refractivity contribution in [3.8, 4) is 10.4 Å². The third-order valence-corrected chi connectivity index (χ3v) is 7.30. The van der Waals surface area contributed by atoms with Gasteiger partial charge in [-0.2, -0.15) is 0 Å². The number of aromatic carboxylic acids is 1. The fourth-order valence-corrected chi connectivity index (χ4v) is 5.63. The fraction of sp³-hybridized carbons (Fsp3) is 0.364. The van der Waals surface area contributed by atoms with Crippen LogP contribution in [0.25, 0.3) is 21.3 Å². The van der Waals surface area contributed by atoms with Crippen LogP contribution in [0.15, 0.2) is 29.2 Å². The van der Waals surface area contributed by atoms with Gasteiger partial charge in [-0.25, -0.2) is 4.79 Å². The van der Waals surface area contributed by atoms with Crippen molar-refractivity contribution < 1.29 is 9.90 Å². The van der Waals surface area contributed by atoms with Crippen molar-refractivity contribution in [1.29, 1.82) is 0 Å². The second-order valence-electron chi connectivity index (χ2n) is 8.00. The van der Waals surface area contributed by atoms with Crippen molar-refractivity contribution in [2.75, 3.05) is 0 Å². The number of carboxylic acid groups (broad SMARTS) is 1. The summed E-state index contributed by atoms with van der Waals surface area (Å²) < 4.78 is 1.99. The van der Waals surface area contributed by atoms with E-state index in [9.17, 15) is 14.7 Å². The number of fused-ring (bicyclic) bond motifs is 2. The highest BCUT2D eigenvalue weighted by Crippen LogP contribution is 2.42. The van der Waals surface area contributed by atoms with E-state index in [0.717, 1.165) is 48.7 Å². The topological polar surface area (TPSA) is 85.3 Å². The molecule has 2 aromatic heterocycles. The molecular weight excluding hydrogens is 372 g/mol. The number of carboxylic acids is 1. The van der Waals surface area contributed by atoms with Gasteiger partial charge in [0.15, 0.2) is 0 Å². The van der Waals surface area contributed by atoms with Crippen LogP contribution < -0.4 is 11.2 Å². The van der Waals surface area contributed by atoms with E-state index in [4.69, 9.17) is 5.73 Å². The number of nitrogens with two attached hydrogens (primary N) is 1. The zero-order chi connectivity index (χ0) is 19.6. The van der Waals surface area contributed by atoms with E-state index in [-0.39, 0.29) is 17.6 Å². The number of carbonyl (C=O) groups is 1. The average Bonchev–Trinajstić information content (AvgIpc) is 3.40. The molecule has 144 valence electrons. The maximum atomic E-state index is 12.8. The molecule has 1 aromatic carbocycles. The maximum absolute atomic E-state index is 12.8. The molecule has 0 aliphatic heterocycles. The molecule has 1 saturated carbocycles. The molecule has 1 unspecified atom stereocenters. The number of hydrogen-bond acceptors (Lipinski definition) is 4. The zero-order valence-electron chi connectivity index (χ0n) is 15.7. The second kappa shape index (κ2) is 6.29. The van der Waals surface area contributed by atoms with Crippen LogP contribution >= 0.6 is 11.3 Å². The zero-order valence-corrected chi connectivity index (χ0v) is 16.5. The van der Waals surface area contributed by atoms with Crippen LogP contribution in [0.5, 0.6) is 0 Å². The highest BCUT2D eigenvalue weighted by atomic mass is 32.1. The molecule has 5 nitrogen and oxygen atoms in total. The Labute approximate surface area is 166 Å². The fourth-order valence-electron chi connectivity index (χ4n) is 4.31. The number of thiophene rings is 1. The first-order valence-electron chi connectivity index (χ1n) is 9.75. The lowest BCUT2D eigenvalue weighted by Crippen LogP contribution is -2.18. The van der Waals surface area contributed by atoms with E-state index >= 15 is 0 Å². The van der Waals surface area contributed by atoms with E-state index in [0.29, 0.717) is 5.39 Å².